The molecule has 1 aliphatic carbocycles. The molecule has 0 spiro atoms. The van der Waals surface area contributed by atoms with E-state index in [4.69, 9.17) is 19.2 Å². The van der Waals surface area contributed by atoms with Gasteiger partial charge in [-0.15, -0.1) is 11.3 Å². The second kappa shape index (κ2) is 8.71. The van der Waals surface area contributed by atoms with Gasteiger partial charge in [-0.05, 0) is 62.5 Å². The summed E-state index contributed by atoms with van der Waals surface area (Å²) in [5.41, 5.74) is 1.78. The predicted molar refractivity (Wildman–Crippen MR) is 130 cm³/mol. The fraction of sp³-hybridized carbons (Fsp3) is 0.407. The number of ketones is 1. The summed E-state index contributed by atoms with van der Waals surface area (Å²) in [6.07, 6.45) is 6.48. The van der Waals surface area contributed by atoms with Crippen molar-refractivity contribution in [2.75, 3.05) is 27.0 Å². The quantitative estimate of drug-likeness (QED) is 0.461. The highest BCUT2D eigenvalue weighted by Crippen LogP contribution is 2.52. The summed E-state index contributed by atoms with van der Waals surface area (Å²) in [7, 11) is 1.72. The molecule has 176 valence electrons. The minimum absolute atomic E-state index is 0.101. The minimum Gasteiger partial charge on any atom is -0.496 e. The van der Waals surface area contributed by atoms with Crippen LogP contribution in [0.25, 0.3) is 0 Å². The van der Waals surface area contributed by atoms with Crippen molar-refractivity contribution >= 4 is 17.1 Å². The third-order valence-corrected chi connectivity index (χ3v) is 8.35. The summed E-state index contributed by atoms with van der Waals surface area (Å²) < 4.78 is 16.7. The third-order valence-electron chi connectivity index (χ3n) is 7.30. The molecule has 34 heavy (non-hydrogen) atoms. The van der Waals surface area contributed by atoms with Gasteiger partial charge in [-0.2, -0.15) is 0 Å². The average Bonchev–Trinajstić information content (AvgIpc) is 3.22. The van der Waals surface area contributed by atoms with Crippen molar-refractivity contribution in [3.05, 3.63) is 69.7 Å². The Labute approximate surface area is 203 Å². The second-order valence-corrected chi connectivity index (χ2v) is 10.4. The maximum Gasteiger partial charge on any atom is 0.231 e. The number of benzene rings is 2. The van der Waals surface area contributed by atoms with Crippen LogP contribution in [0.2, 0.25) is 0 Å². The monoisotopic (exact) mass is 476 g/mol. The number of hydrogen-bond acceptors (Lipinski definition) is 7. The Morgan fingerprint density at radius 2 is 1.94 bits per heavy atom. The smallest absolute Gasteiger partial charge is 0.231 e. The van der Waals surface area contributed by atoms with Crippen LogP contribution in [0.15, 0.2) is 48.7 Å². The first kappa shape index (κ1) is 21.6. The van der Waals surface area contributed by atoms with E-state index in [2.05, 4.69) is 17.0 Å². The molecular formula is C27H28N2O4S. The van der Waals surface area contributed by atoms with Crippen molar-refractivity contribution in [3.8, 4) is 17.2 Å². The Morgan fingerprint density at radius 1 is 1.15 bits per heavy atom. The van der Waals surface area contributed by atoms with E-state index in [-0.39, 0.29) is 18.6 Å². The van der Waals surface area contributed by atoms with E-state index in [0.29, 0.717) is 6.42 Å². The lowest BCUT2D eigenvalue weighted by molar-refractivity contribution is -0.120. The van der Waals surface area contributed by atoms with Gasteiger partial charge in [0.25, 0.3) is 0 Å². The molecule has 1 atom stereocenters. The molecule has 3 heterocycles. The molecule has 0 amide bonds. The lowest BCUT2D eigenvalue weighted by atomic mass is 9.89. The van der Waals surface area contributed by atoms with Gasteiger partial charge in [-0.3, -0.25) is 9.69 Å². The van der Waals surface area contributed by atoms with Gasteiger partial charge in [0.05, 0.1) is 25.0 Å². The van der Waals surface area contributed by atoms with Crippen LogP contribution in [0.1, 0.15) is 52.7 Å². The fourth-order valence-electron chi connectivity index (χ4n) is 5.31. The van der Waals surface area contributed by atoms with Gasteiger partial charge >= 0.3 is 0 Å². The number of nitrogens with zero attached hydrogens (tertiary/aromatic N) is 2. The molecule has 2 aromatic carbocycles. The first-order valence-corrected chi connectivity index (χ1v) is 12.7. The number of ether oxygens (including phenoxy) is 3. The Morgan fingerprint density at radius 3 is 2.74 bits per heavy atom. The molecule has 0 radical (unpaired) electrons. The van der Waals surface area contributed by atoms with Crippen LogP contribution in [-0.2, 0) is 16.6 Å². The Balaban J connectivity index is 1.25. The number of methoxy groups -OCH3 is 1. The topological polar surface area (TPSA) is 60.9 Å². The number of aromatic nitrogens is 1. The zero-order valence-electron chi connectivity index (χ0n) is 19.3. The van der Waals surface area contributed by atoms with E-state index in [1.807, 2.05) is 36.5 Å². The van der Waals surface area contributed by atoms with Crippen LogP contribution in [0.5, 0.6) is 17.2 Å². The number of fused-ring (bicyclic) bond motifs is 1. The van der Waals surface area contributed by atoms with Crippen molar-refractivity contribution in [1.82, 2.24) is 9.88 Å². The van der Waals surface area contributed by atoms with Crippen LogP contribution in [0.3, 0.4) is 0 Å². The summed E-state index contributed by atoms with van der Waals surface area (Å²) in [4.78, 5) is 21.8. The average molecular weight is 477 g/mol. The van der Waals surface area contributed by atoms with E-state index >= 15 is 0 Å². The first-order chi connectivity index (χ1) is 16.7. The summed E-state index contributed by atoms with van der Waals surface area (Å²) in [5, 5.41) is 0.881. The number of hydrogen-bond donors (Lipinski definition) is 0. The molecule has 1 saturated heterocycles. The summed E-state index contributed by atoms with van der Waals surface area (Å²) in [5.74, 6) is 2.62. The largest absolute Gasteiger partial charge is 0.496 e. The molecule has 3 aromatic rings. The van der Waals surface area contributed by atoms with Gasteiger partial charge in [0, 0.05) is 16.6 Å². The molecule has 2 aliphatic heterocycles. The molecule has 1 saturated carbocycles. The summed E-state index contributed by atoms with van der Waals surface area (Å²) in [6.45, 7) is 2.36. The zero-order chi connectivity index (χ0) is 23.1. The van der Waals surface area contributed by atoms with Crippen molar-refractivity contribution in [1.29, 1.82) is 0 Å². The number of Topliss-reactive ketones (excluding diaryl/α,β-unsaturated/α-hetero) is 1. The van der Waals surface area contributed by atoms with Crippen LogP contribution >= 0.6 is 11.3 Å². The highest BCUT2D eigenvalue weighted by molar-refractivity contribution is 7.11. The fourth-order valence-corrected chi connectivity index (χ4v) is 6.38. The summed E-state index contributed by atoms with van der Waals surface area (Å²) in [6, 6.07) is 14.2. The van der Waals surface area contributed by atoms with Crippen molar-refractivity contribution in [3.63, 3.8) is 0 Å². The standard InChI is InChI=1S/C27H28N2O4S/c1-31-20-7-3-2-6-19(20)26(29-12-4-5-13-29)23-16-28-25(34-23)15-24(30)27(10-11-27)18-8-9-21-22(14-18)33-17-32-21/h2-3,6-9,14,16,26H,4-5,10-13,15,17H2,1H3. The van der Waals surface area contributed by atoms with E-state index in [1.165, 1.54) is 17.7 Å². The molecule has 7 heteroatoms. The maximum absolute atomic E-state index is 13.5. The molecule has 3 aliphatic rings. The molecule has 0 N–H and O–H groups in total. The van der Waals surface area contributed by atoms with Gasteiger partial charge in [0.15, 0.2) is 11.5 Å². The molecular weight excluding hydrogens is 448 g/mol. The van der Waals surface area contributed by atoms with Crippen molar-refractivity contribution in [2.24, 2.45) is 0 Å². The summed E-state index contributed by atoms with van der Waals surface area (Å²) >= 11 is 1.66. The van der Waals surface area contributed by atoms with Gasteiger partial charge in [-0.25, -0.2) is 4.98 Å². The van der Waals surface area contributed by atoms with Crippen LogP contribution in [0.4, 0.5) is 0 Å². The van der Waals surface area contributed by atoms with Crippen molar-refractivity contribution < 1.29 is 19.0 Å². The van der Waals surface area contributed by atoms with Gasteiger partial charge in [0.2, 0.25) is 6.79 Å². The lowest BCUT2D eigenvalue weighted by Gasteiger charge is -2.28. The maximum atomic E-state index is 13.5. The number of rotatable bonds is 8. The second-order valence-electron chi connectivity index (χ2n) is 9.29. The molecule has 0 bridgehead atoms. The highest BCUT2D eigenvalue weighted by Gasteiger charge is 2.51. The number of carbonyl (C=O) groups is 1. The van der Waals surface area contributed by atoms with Crippen LogP contribution < -0.4 is 14.2 Å². The van der Waals surface area contributed by atoms with Crippen LogP contribution in [-0.4, -0.2) is 42.7 Å². The van der Waals surface area contributed by atoms with E-state index in [1.54, 1.807) is 18.4 Å². The van der Waals surface area contributed by atoms with E-state index in [9.17, 15) is 4.79 Å². The predicted octanol–water partition coefficient (Wildman–Crippen LogP) is 4.91. The first-order valence-electron chi connectivity index (χ1n) is 11.9. The Bertz CT molecular complexity index is 1210. The molecule has 2 fully saturated rings. The van der Waals surface area contributed by atoms with Crippen molar-refractivity contribution in [2.45, 2.75) is 43.6 Å². The lowest BCUT2D eigenvalue weighted by Crippen LogP contribution is -2.26. The van der Waals surface area contributed by atoms with E-state index < -0.39 is 5.41 Å². The SMILES string of the molecule is COc1ccccc1C(c1cnc(CC(=O)C2(c3ccc4c(c3)OCO4)CC2)s1)N1CCCC1. The van der Waals surface area contributed by atoms with Gasteiger partial charge < -0.3 is 14.2 Å². The number of para-hydroxylation sites is 1. The minimum atomic E-state index is -0.413. The number of carbonyl (C=O) groups excluding carboxylic acids is 1. The van der Waals surface area contributed by atoms with Crippen LogP contribution in [0, 0.1) is 0 Å². The molecule has 6 nitrogen and oxygen atoms in total. The zero-order valence-corrected chi connectivity index (χ0v) is 20.1. The Kier molecular flexibility index (Phi) is 5.54. The number of thiazole rings is 1. The van der Waals surface area contributed by atoms with Gasteiger partial charge in [-0.1, -0.05) is 24.3 Å². The number of likely N-dealkylation sites (tertiary alicyclic amines) is 1. The van der Waals surface area contributed by atoms with E-state index in [0.717, 1.165) is 59.3 Å². The third kappa shape index (κ3) is 3.77. The molecule has 1 aromatic heterocycles. The molecule has 6 rings (SSSR count). The Hall–Kier alpha value is -2.90. The highest BCUT2D eigenvalue weighted by atomic mass is 32.1. The normalized spacial score (nSPS) is 19.2. The molecule has 1 unspecified atom stereocenters. The van der Waals surface area contributed by atoms with Gasteiger partial charge in [0.1, 0.15) is 16.5 Å².